The van der Waals surface area contributed by atoms with E-state index in [1.165, 1.54) is 18.3 Å². The maximum absolute atomic E-state index is 13.3. The first-order chi connectivity index (χ1) is 8.18. The number of carbonyl (C=O) groups excluding carboxylic acids is 1. The molecule has 1 aromatic carbocycles. The lowest BCUT2D eigenvalue weighted by Crippen LogP contribution is -2.14. The Hall–Kier alpha value is -2.30. The molecule has 0 unspecified atom stereocenters. The number of nitrogens with zero attached hydrogens (tertiary/aromatic N) is 1. The summed E-state index contributed by atoms with van der Waals surface area (Å²) in [6, 6.07) is 6.66. The van der Waals surface area contributed by atoms with Crippen molar-refractivity contribution in [3.05, 3.63) is 59.9 Å². The van der Waals surface area contributed by atoms with Crippen LogP contribution in [0.3, 0.4) is 0 Å². The third-order valence-electron chi connectivity index (χ3n) is 2.12. The molecule has 1 N–H and O–H groups in total. The second-order valence-electron chi connectivity index (χ2n) is 3.30. The molecule has 0 atom stereocenters. The fourth-order valence-electron chi connectivity index (χ4n) is 1.31. The molecule has 0 aliphatic rings. The molecule has 0 aliphatic heterocycles. The Kier molecular flexibility index (Phi) is 3.09. The van der Waals surface area contributed by atoms with Crippen LogP contribution in [-0.4, -0.2) is 10.9 Å². The lowest BCUT2D eigenvalue weighted by molar-refractivity contribution is 0.102. The van der Waals surface area contributed by atoms with Crippen LogP contribution in [0.2, 0.25) is 0 Å². The zero-order valence-electron chi connectivity index (χ0n) is 8.65. The van der Waals surface area contributed by atoms with Gasteiger partial charge in [0.25, 0.3) is 5.91 Å². The monoisotopic (exact) mass is 234 g/mol. The van der Waals surface area contributed by atoms with Crippen LogP contribution < -0.4 is 5.32 Å². The minimum absolute atomic E-state index is 0.339. The summed E-state index contributed by atoms with van der Waals surface area (Å²) in [4.78, 5) is 15.4. The normalized spacial score (nSPS) is 10.0. The van der Waals surface area contributed by atoms with E-state index in [-0.39, 0.29) is 5.56 Å². The van der Waals surface area contributed by atoms with E-state index in [1.54, 1.807) is 18.3 Å². The Morgan fingerprint density at radius 1 is 1.18 bits per heavy atom. The predicted octanol–water partition coefficient (Wildman–Crippen LogP) is 2.61. The van der Waals surface area contributed by atoms with Crippen LogP contribution >= 0.6 is 0 Å². The molecule has 0 saturated heterocycles. The Labute approximate surface area is 96.1 Å². The quantitative estimate of drug-likeness (QED) is 0.867. The standard InChI is InChI=1S/C12H8F2N2O/c13-10-5-1-4-9(11(10)14)12(17)16-8-3-2-6-15-7-8/h1-7H,(H,16,17). The molecular formula is C12H8F2N2O. The van der Waals surface area contributed by atoms with Crippen molar-refractivity contribution in [2.45, 2.75) is 0 Å². The number of anilines is 1. The van der Waals surface area contributed by atoms with Gasteiger partial charge in [-0.05, 0) is 24.3 Å². The molecule has 0 radical (unpaired) electrons. The Bertz CT molecular complexity index is 543. The SMILES string of the molecule is O=C(Nc1cccnc1)c1cccc(F)c1F. The van der Waals surface area contributed by atoms with Crippen LogP contribution in [0.15, 0.2) is 42.7 Å². The molecule has 86 valence electrons. The van der Waals surface area contributed by atoms with Gasteiger partial charge >= 0.3 is 0 Å². The first-order valence-electron chi connectivity index (χ1n) is 4.84. The van der Waals surface area contributed by atoms with Gasteiger partial charge in [0.2, 0.25) is 0 Å². The lowest BCUT2D eigenvalue weighted by Gasteiger charge is -2.05. The summed E-state index contributed by atoms with van der Waals surface area (Å²) in [5, 5.41) is 2.42. The van der Waals surface area contributed by atoms with E-state index in [9.17, 15) is 13.6 Å². The van der Waals surface area contributed by atoms with Crippen LogP contribution in [0.4, 0.5) is 14.5 Å². The zero-order valence-corrected chi connectivity index (χ0v) is 8.65. The summed E-state index contributed by atoms with van der Waals surface area (Å²) in [5.41, 5.74) is 0.0787. The van der Waals surface area contributed by atoms with Crippen LogP contribution in [0, 0.1) is 11.6 Å². The molecule has 17 heavy (non-hydrogen) atoms. The molecule has 1 heterocycles. The van der Waals surface area contributed by atoms with Crippen LogP contribution in [0.5, 0.6) is 0 Å². The minimum Gasteiger partial charge on any atom is -0.320 e. The number of benzene rings is 1. The molecule has 2 rings (SSSR count). The molecule has 2 aromatic rings. The summed E-state index contributed by atoms with van der Waals surface area (Å²) in [6.45, 7) is 0. The number of amides is 1. The van der Waals surface area contributed by atoms with Crippen LogP contribution in [0.25, 0.3) is 0 Å². The summed E-state index contributed by atoms with van der Waals surface area (Å²) in [5.74, 6) is -2.92. The highest BCUT2D eigenvalue weighted by Crippen LogP contribution is 2.13. The van der Waals surface area contributed by atoms with Crippen molar-refractivity contribution in [1.29, 1.82) is 0 Å². The lowest BCUT2D eigenvalue weighted by atomic mass is 10.2. The predicted molar refractivity (Wildman–Crippen MR) is 58.5 cm³/mol. The van der Waals surface area contributed by atoms with E-state index < -0.39 is 17.5 Å². The highest BCUT2D eigenvalue weighted by molar-refractivity contribution is 6.04. The van der Waals surface area contributed by atoms with Crippen molar-refractivity contribution in [1.82, 2.24) is 4.98 Å². The fourth-order valence-corrected chi connectivity index (χ4v) is 1.31. The molecule has 0 bridgehead atoms. The van der Waals surface area contributed by atoms with Crippen molar-refractivity contribution in [3.63, 3.8) is 0 Å². The number of aromatic nitrogens is 1. The van der Waals surface area contributed by atoms with Gasteiger partial charge < -0.3 is 5.32 Å². The minimum atomic E-state index is -1.16. The number of carbonyl (C=O) groups is 1. The van der Waals surface area contributed by atoms with E-state index in [1.807, 2.05) is 0 Å². The number of hydrogen-bond donors (Lipinski definition) is 1. The van der Waals surface area contributed by atoms with Crippen molar-refractivity contribution in [3.8, 4) is 0 Å². The number of hydrogen-bond acceptors (Lipinski definition) is 2. The topological polar surface area (TPSA) is 42.0 Å². The Morgan fingerprint density at radius 2 is 2.00 bits per heavy atom. The number of nitrogens with one attached hydrogen (secondary N) is 1. The van der Waals surface area contributed by atoms with Gasteiger partial charge in [-0.15, -0.1) is 0 Å². The average molecular weight is 234 g/mol. The summed E-state index contributed by atoms with van der Waals surface area (Å²) >= 11 is 0. The van der Waals surface area contributed by atoms with E-state index in [0.29, 0.717) is 5.69 Å². The first kappa shape index (κ1) is 11.2. The van der Waals surface area contributed by atoms with E-state index >= 15 is 0 Å². The zero-order chi connectivity index (χ0) is 12.3. The molecule has 1 aromatic heterocycles. The molecule has 5 heteroatoms. The van der Waals surface area contributed by atoms with E-state index in [4.69, 9.17) is 0 Å². The van der Waals surface area contributed by atoms with E-state index in [0.717, 1.165) is 6.07 Å². The van der Waals surface area contributed by atoms with Crippen molar-refractivity contribution < 1.29 is 13.6 Å². The third kappa shape index (κ3) is 2.44. The van der Waals surface area contributed by atoms with Gasteiger partial charge in [-0.3, -0.25) is 9.78 Å². The summed E-state index contributed by atoms with van der Waals surface area (Å²) in [7, 11) is 0. The molecule has 3 nitrogen and oxygen atoms in total. The van der Waals surface area contributed by atoms with Crippen LogP contribution in [-0.2, 0) is 0 Å². The molecule has 0 aliphatic carbocycles. The van der Waals surface area contributed by atoms with Gasteiger partial charge in [0, 0.05) is 6.20 Å². The van der Waals surface area contributed by atoms with Gasteiger partial charge in [0.15, 0.2) is 11.6 Å². The number of rotatable bonds is 2. The third-order valence-corrected chi connectivity index (χ3v) is 2.12. The second-order valence-corrected chi connectivity index (χ2v) is 3.30. The summed E-state index contributed by atoms with van der Waals surface area (Å²) < 4.78 is 26.2. The highest BCUT2D eigenvalue weighted by atomic mass is 19.2. The smallest absolute Gasteiger partial charge is 0.258 e. The van der Waals surface area contributed by atoms with Gasteiger partial charge in [0.05, 0.1) is 17.4 Å². The molecule has 0 fully saturated rings. The molecule has 0 spiro atoms. The summed E-state index contributed by atoms with van der Waals surface area (Å²) in [6.07, 6.45) is 2.95. The van der Waals surface area contributed by atoms with Crippen molar-refractivity contribution in [2.24, 2.45) is 0 Å². The van der Waals surface area contributed by atoms with Gasteiger partial charge in [-0.1, -0.05) is 6.07 Å². The van der Waals surface area contributed by atoms with Gasteiger partial charge in [-0.2, -0.15) is 0 Å². The maximum atomic E-state index is 13.3. The van der Waals surface area contributed by atoms with Gasteiger partial charge in [-0.25, -0.2) is 8.78 Å². The van der Waals surface area contributed by atoms with Crippen LogP contribution in [0.1, 0.15) is 10.4 Å². The molecular weight excluding hydrogens is 226 g/mol. The fraction of sp³-hybridized carbons (Fsp3) is 0. The number of pyridine rings is 1. The molecule has 0 saturated carbocycles. The highest BCUT2D eigenvalue weighted by Gasteiger charge is 2.14. The Morgan fingerprint density at radius 3 is 2.71 bits per heavy atom. The van der Waals surface area contributed by atoms with Crippen molar-refractivity contribution >= 4 is 11.6 Å². The molecule has 1 amide bonds. The largest absolute Gasteiger partial charge is 0.320 e. The number of halogens is 2. The average Bonchev–Trinajstić information content (AvgIpc) is 2.34. The van der Waals surface area contributed by atoms with E-state index in [2.05, 4.69) is 10.3 Å². The second kappa shape index (κ2) is 4.69. The van der Waals surface area contributed by atoms with Crippen molar-refractivity contribution in [2.75, 3.05) is 5.32 Å². The van der Waals surface area contributed by atoms with Gasteiger partial charge in [0.1, 0.15) is 0 Å². The maximum Gasteiger partial charge on any atom is 0.258 e. The first-order valence-corrected chi connectivity index (χ1v) is 4.84. The Balaban J connectivity index is 2.24.